The summed E-state index contributed by atoms with van der Waals surface area (Å²) in [5, 5.41) is 3.18. The first-order chi connectivity index (χ1) is 9.22. The van der Waals surface area contributed by atoms with E-state index in [4.69, 9.17) is 9.72 Å². The lowest BCUT2D eigenvalue weighted by Gasteiger charge is -2.47. The van der Waals surface area contributed by atoms with E-state index in [0.717, 1.165) is 31.1 Å². The van der Waals surface area contributed by atoms with Crippen LogP contribution in [0, 0.1) is 6.92 Å². The summed E-state index contributed by atoms with van der Waals surface area (Å²) in [6.07, 6.45) is 0. The third-order valence-electron chi connectivity index (χ3n) is 3.57. The molecule has 4 heteroatoms. The van der Waals surface area contributed by atoms with Crippen molar-refractivity contribution in [3.8, 4) is 0 Å². The Morgan fingerprint density at radius 1 is 1.20 bits per heavy atom. The number of hydrogen-bond acceptors (Lipinski definition) is 4. The Hall–Kier alpha value is -1.13. The second-order valence-corrected chi connectivity index (χ2v) is 6.92. The molecule has 2 rings (SSSR count). The predicted octanol–water partition coefficient (Wildman–Crippen LogP) is 2.50. The first-order valence-corrected chi connectivity index (χ1v) is 7.29. The average molecular weight is 277 g/mol. The molecule has 0 saturated carbocycles. The minimum atomic E-state index is -0.152. The number of hydrogen-bond donors (Lipinski definition) is 1. The number of aromatic nitrogens is 1. The van der Waals surface area contributed by atoms with Crippen molar-refractivity contribution in [2.75, 3.05) is 25.0 Å². The fourth-order valence-corrected chi connectivity index (χ4v) is 3.08. The molecule has 0 bridgehead atoms. The van der Waals surface area contributed by atoms with Gasteiger partial charge in [0.2, 0.25) is 0 Å². The summed E-state index contributed by atoms with van der Waals surface area (Å²) < 4.78 is 6.13. The largest absolute Gasteiger partial charge is 0.366 e. The highest BCUT2D eigenvalue weighted by Gasteiger charge is 2.38. The van der Waals surface area contributed by atoms with Crippen LogP contribution in [0.25, 0.3) is 0 Å². The molecule has 2 heterocycles. The standard InChI is InChI=1S/C16H27N3O/c1-12-13(9-17-6)7-8-14(18-12)19-10-15(2,3)20-16(4,5)11-19/h7-8,17H,9-11H2,1-6H3. The zero-order chi connectivity index (χ0) is 15.0. The molecule has 0 aliphatic carbocycles. The Balaban J connectivity index is 2.24. The van der Waals surface area contributed by atoms with Crippen molar-refractivity contribution in [3.63, 3.8) is 0 Å². The van der Waals surface area contributed by atoms with Crippen molar-refractivity contribution < 1.29 is 4.74 Å². The molecule has 0 amide bonds. The van der Waals surface area contributed by atoms with Crippen LogP contribution in [0.15, 0.2) is 12.1 Å². The van der Waals surface area contributed by atoms with Crippen molar-refractivity contribution in [2.24, 2.45) is 0 Å². The van der Waals surface area contributed by atoms with E-state index < -0.39 is 0 Å². The molecule has 112 valence electrons. The molecule has 20 heavy (non-hydrogen) atoms. The zero-order valence-corrected chi connectivity index (χ0v) is 13.6. The van der Waals surface area contributed by atoms with Crippen molar-refractivity contribution in [1.29, 1.82) is 0 Å². The third kappa shape index (κ3) is 3.49. The van der Waals surface area contributed by atoms with Gasteiger partial charge >= 0.3 is 0 Å². The van der Waals surface area contributed by atoms with Crippen LogP contribution in [0.5, 0.6) is 0 Å². The van der Waals surface area contributed by atoms with Crippen LogP contribution in [0.4, 0.5) is 5.82 Å². The van der Waals surface area contributed by atoms with Gasteiger partial charge in [-0.05, 0) is 53.3 Å². The molecule has 1 N–H and O–H groups in total. The van der Waals surface area contributed by atoms with E-state index in [0.29, 0.717) is 0 Å². The number of nitrogens with one attached hydrogen (secondary N) is 1. The molecule has 4 nitrogen and oxygen atoms in total. The summed E-state index contributed by atoms with van der Waals surface area (Å²) in [4.78, 5) is 7.11. The SMILES string of the molecule is CNCc1ccc(N2CC(C)(C)OC(C)(C)C2)nc1C. The Morgan fingerprint density at radius 2 is 1.80 bits per heavy atom. The lowest BCUT2D eigenvalue weighted by Crippen LogP contribution is -2.57. The van der Waals surface area contributed by atoms with Gasteiger partial charge in [0, 0.05) is 25.3 Å². The summed E-state index contributed by atoms with van der Waals surface area (Å²) in [7, 11) is 1.96. The fourth-order valence-electron chi connectivity index (χ4n) is 3.08. The number of aryl methyl sites for hydroxylation is 1. The highest BCUT2D eigenvalue weighted by molar-refractivity contribution is 5.43. The minimum Gasteiger partial charge on any atom is -0.366 e. The number of ether oxygens (including phenoxy) is 1. The number of rotatable bonds is 3. The molecule has 0 radical (unpaired) electrons. The molecule has 0 aromatic carbocycles. The van der Waals surface area contributed by atoms with Crippen LogP contribution >= 0.6 is 0 Å². The normalized spacial score (nSPS) is 21.0. The Bertz CT molecular complexity index is 467. The van der Waals surface area contributed by atoms with Gasteiger partial charge in [0.1, 0.15) is 5.82 Å². The average Bonchev–Trinajstić information content (AvgIpc) is 2.28. The summed E-state index contributed by atoms with van der Waals surface area (Å²) >= 11 is 0. The van der Waals surface area contributed by atoms with Crippen molar-refractivity contribution in [3.05, 3.63) is 23.4 Å². The van der Waals surface area contributed by atoms with E-state index in [9.17, 15) is 0 Å². The number of morpholine rings is 1. The first kappa shape index (κ1) is 15.3. The third-order valence-corrected chi connectivity index (χ3v) is 3.57. The van der Waals surface area contributed by atoms with Crippen molar-refractivity contribution in [1.82, 2.24) is 10.3 Å². The molecule has 0 spiro atoms. The van der Waals surface area contributed by atoms with Crippen LogP contribution in [-0.2, 0) is 11.3 Å². The van der Waals surface area contributed by atoms with Crippen LogP contribution in [0.3, 0.4) is 0 Å². The molecule has 1 aromatic heterocycles. The zero-order valence-electron chi connectivity index (χ0n) is 13.6. The molecule has 0 unspecified atom stereocenters. The minimum absolute atomic E-state index is 0.152. The lowest BCUT2D eigenvalue weighted by atomic mass is 9.99. The maximum atomic E-state index is 6.13. The van der Waals surface area contributed by atoms with E-state index in [1.165, 1.54) is 5.56 Å². The Labute approximate surface area is 122 Å². The van der Waals surface area contributed by atoms with E-state index in [-0.39, 0.29) is 11.2 Å². The molecule has 1 aromatic rings. The van der Waals surface area contributed by atoms with Crippen molar-refractivity contribution in [2.45, 2.75) is 52.4 Å². The second-order valence-electron chi connectivity index (χ2n) is 6.92. The molecule has 1 aliphatic rings. The summed E-state index contributed by atoms with van der Waals surface area (Å²) in [6.45, 7) is 13.2. The molecule has 1 saturated heterocycles. The summed E-state index contributed by atoms with van der Waals surface area (Å²) in [6, 6.07) is 4.29. The number of anilines is 1. The molecular formula is C16H27N3O. The van der Waals surface area contributed by atoms with Gasteiger partial charge in [-0.3, -0.25) is 0 Å². The van der Waals surface area contributed by atoms with Gasteiger partial charge in [0.15, 0.2) is 0 Å². The first-order valence-electron chi connectivity index (χ1n) is 7.29. The fraction of sp³-hybridized carbons (Fsp3) is 0.688. The maximum absolute atomic E-state index is 6.13. The topological polar surface area (TPSA) is 37.4 Å². The Morgan fingerprint density at radius 3 is 2.30 bits per heavy atom. The quantitative estimate of drug-likeness (QED) is 0.921. The summed E-state index contributed by atoms with van der Waals surface area (Å²) in [5.41, 5.74) is 2.05. The smallest absolute Gasteiger partial charge is 0.129 e. The van der Waals surface area contributed by atoms with E-state index in [1.807, 2.05) is 7.05 Å². The maximum Gasteiger partial charge on any atom is 0.129 e. The van der Waals surface area contributed by atoms with Gasteiger partial charge in [-0.15, -0.1) is 0 Å². The van der Waals surface area contributed by atoms with E-state index >= 15 is 0 Å². The van der Waals surface area contributed by atoms with Gasteiger partial charge in [-0.25, -0.2) is 4.98 Å². The molecular weight excluding hydrogens is 250 g/mol. The molecule has 1 fully saturated rings. The van der Waals surface area contributed by atoms with Gasteiger partial charge in [-0.2, -0.15) is 0 Å². The van der Waals surface area contributed by atoms with Crippen LogP contribution in [-0.4, -0.2) is 36.3 Å². The molecule has 1 aliphatic heterocycles. The van der Waals surface area contributed by atoms with Crippen molar-refractivity contribution >= 4 is 5.82 Å². The van der Waals surface area contributed by atoms with Gasteiger partial charge in [-0.1, -0.05) is 6.07 Å². The van der Waals surface area contributed by atoms with E-state index in [2.05, 4.69) is 57.0 Å². The number of pyridine rings is 1. The van der Waals surface area contributed by atoms with Gasteiger partial charge < -0.3 is 15.0 Å². The number of nitrogens with zero attached hydrogens (tertiary/aromatic N) is 2. The van der Waals surface area contributed by atoms with Crippen LogP contribution < -0.4 is 10.2 Å². The van der Waals surface area contributed by atoms with E-state index in [1.54, 1.807) is 0 Å². The lowest BCUT2D eigenvalue weighted by molar-refractivity contribution is -0.133. The molecule has 0 atom stereocenters. The second kappa shape index (κ2) is 5.34. The highest BCUT2D eigenvalue weighted by atomic mass is 16.5. The predicted molar refractivity (Wildman–Crippen MR) is 83.2 cm³/mol. The van der Waals surface area contributed by atoms with Crippen LogP contribution in [0.2, 0.25) is 0 Å². The van der Waals surface area contributed by atoms with Gasteiger partial charge in [0.25, 0.3) is 0 Å². The Kier molecular flexibility index (Phi) is 4.07. The highest BCUT2D eigenvalue weighted by Crippen LogP contribution is 2.30. The summed E-state index contributed by atoms with van der Waals surface area (Å²) in [5.74, 6) is 1.05. The van der Waals surface area contributed by atoms with Gasteiger partial charge in [0.05, 0.1) is 11.2 Å². The monoisotopic (exact) mass is 277 g/mol. The van der Waals surface area contributed by atoms with Crippen LogP contribution in [0.1, 0.15) is 39.0 Å².